The predicted molar refractivity (Wildman–Crippen MR) is 105 cm³/mol. The van der Waals surface area contributed by atoms with Crippen LogP contribution >= 0.6 is 24.8 Å². The standard InChI is InChI=1S/C17H25N5O.2ClH/c1-10(2)22-16-14(9-19-22)13(8-11(3)20-16)17(23)21-15-6-5-7-18-12(15)4;;/h8-10,12,15,18H,5-7H2,1-4H3,(H,21,23);2*1H. The number of halogens is 2. The smallest absolute Gasteiger partial charge is 0.252 e. The number of nitrogens with one attached hydrogen (secondary N) is 2. The lowest BCUT2D eigenvalue weighted by Gasteiger charge is -2.30. The van der Waals surface area contributed by atoms with Gasteiger partial charge in [-0.1, -0.05) is 0 Å². The van der Waals surface area contributed by atoms with Crippen molar-refractivity contribution < 1.29 is 4.79 Å². The minimum absolute atomic E-state index is 0. The summed E-state index contributed by atoms with van der Waals surface area (Å²) in [6.45, 7) is 9.18. The molecule has 25 heavy (non-hydrogen) atoms. The summed E-state index contributed by atoms with van der Waals surface area (Å²) >= 11 is 0. The van der Waals surface area contributed by atoms with E-state index in [1.165, 1.54) is 0 Å². The monoisotopic (exact) mass is 387 g/mol. The van der Waals surface area contributed by atoms with E-state index in [1.54, 1.807) is 6.20 Å². The molecule has 3 heterocycles. The van der Waals surface area contributed by atoms with Gasteiger partial charge in [0.1, 0.15) is 0 Å². The zero-order valence-corrected chi connectivity index (χ0v) is 16.7. The van der Waals surface area contributed by atoms with Crippen LogP contribution in [0.5, 0.6) is 0 Å². The van der Waals surface area contributed by atoms with Crippen molar-refractivity contribution in [2.45, 2.75) is 58.7 Å². The van der Waals surface area contributed by atoms with Gasteiger partial charge < -0.3 is 10.6 Å². The Balaban J connectivity index is 0.00000156. The molecule has 1 aliphatic rings. The molecule has 0 saturated carbocycles. The molecule has 1 amide bonds. The summed E-state index contributed by atoms with van der Waals surface area (Å²) in [6, 6.07) is 2.52. The zero-order valence-electron chi connectivity index (χ0n) is 15.1. The normalized spacial score (nSPS) is 20.0. The lowest BCUT2D eigenvalue weighted by Crippen LogP contribution is -2.51. The number of carbonyl (C=O) groups is 1. The van der Waals surface area contributed by atoms with E-state index >= 15 is 0 Å². The van der Waals surface area contributed by atoms with E-state index in [4.69, 9.17) is 0 Å². The first-order valence-corrected chi connectivity index (χ1v) is 8.36. The highest BCUT2D eigenvalue weighted by Crippen LogP contribution is 2.21. The van der Waals surface area contributed by atoms with E-state index in [0.717, 1.165) is 36.1 Å². The second kappa shape index (κ2) is 8.83. The maximum Gasteiger partial charge on any atom is 0.252 e. The molecule has 1 fully saturated rings. The average Bonchev–Trinajstić information content (AvgIpc) is 2.92. The number of piperidine rings is 1. The molecule has 8 heteroatoms. The largest absolute Gasteiger partial charge is 0.348 e. The van der Waals surface area contributed by atoms with Crippen molar-refractivity contribution in [1.29, 1.82) is 0 Å². The summed E-state index contributed by atoms with van der Waals surface area (Å²) in [5.41, 5.74) is 2.28. The van der Waals surface area contributed by atoms with Crippen LogP contribution in [0.15, 0.2) is 12.3 Å². The van der Waals surface area contributed by atoms with Crippen molar-refractivity contribution in [1.82, 2.24) is 25.4 Å². The number of fused-ring (bicyclic) bond motifs is 1. The van der Waals surface area contributed by atoms with E-state index < -0.39 is 0 Å². The minimum atomic E-state index is -0.0376. The van der Waals surface area contributed by atoms with Gasteiger partial charge in [0, 0.05) is 23.8 Å². The molecule has 0 spiro atoms. The molecule has 0 radical (unpaired) electrons. The number of hydrogen-bond acceptors (Lipinski definition) is 4. The topological polar surface area (TPSA) is 71.8 Å². The van der Waals surface area contributed by atoms with E-state index in [9.17, 15) is 4.79 Å². The van der Waals surface area contributed by atoms with Gasteiger partial charge >= 0.3 is 0 Å². The van der Waals surface area contributed by atoms with Crippen molar-refractivity contribution in [3.63, 3.8) is 0 Å². The van der Waals surface area contributed by atoms with Crippen LogP contribution in [-0.4, -0.2) is 39.3 Å². The van der Waals surface area contributed by atoms with Gasteiger partial charge in [0.05, 0.1) is 17.1 Å². The predicted octanol–water partition coefficient (Wildman–Crippen LogP) is 3.03. The Bertz CT molecular complexity index is 731. The fraction of sp³-hybridized carbons (Fsp3) is 0.588. The number of aryl methyl sites for hydroxylation is 1. The molecule has 2 unspecified atom stereocenters. The lowest BCUT2D eigenvalue weighted by atomic mass is 9.99. The number of rotatable bonds is 3. The molecule has 2 aromatic heterocycles. The Kier molecular flexibility index (Phi) is 7.65. The third-order valence-electron chi connectivity index (χ3n) is 4.51. The second-order valence-corrected chi connectivity index (χ2v) is 6.70. The summed E-state index contributed by atoms with van der Waals surface area (Å²) < 4.78 is 1.86. The first kappa shape index (κ1) is 21.7. The average molecular weight is 388 g/mol. The van der Waals surface area contributed by atoms with Crippen molar-refractivity contribution in [3.8, 4) is 0 Å². The van der Waals surface area contributed by atoms with Gasteiger partial charge in [-0.15, -0.1) is 24.8 Å². The number of aromatic nitrogens is 3. The molecule has 3 rings (SSSR count). The van der Waals surface area contributed by atoms with Gasteiger partial charge in [-0.25, -0.2) is 9.67 Å². The van der Waals surface area contributed by atoms with Gasteiger partial charge in [-0.05, 0) is 53.1 Å². The molecule has 140 valence electrons. The van der Waals surface area contributed by atoms with E-state index in [2.05, 4.69) is 41.5 Å². The highest BCUT2D eigenvalue weighted by Gasteiger charge is 2.24. The molecule has 0 aliphatic carbocycles. The fourth-order valence-electron chi connectivity index (χ4n) is 3.20. The van der Waals surface area contributed by atoms with Crippen LogP contribution in [0.25, 0.3) is 11.0 Å². The Morgan fingerprint density at radius 1 is 1.40 bits per heavy atom. The third kappa shape index (κ3) is 4.43. The second-order valence-electron chi connectivity index (χ2n) is 6.70. The summed E-state index contributed by atoms with van der Waals surface area (Å²) in [7, 11) is 0. The van der Waals surface area contributed by atoms with Crippen LogP contribution in [0.3, 0.4) is 0 Å². The molecular weight excluding hydrogens is 361 g/mol. The Hall–Kier alpha value is -1.37. The SMILES string of the molecule is Cc1cc(C(=O)NC2CCCNC2C)c2cnn(C(C)C)c2n1.Cl.Cl. The summed E-state index contributed by atoms with van der Waals surface area (Å²) in [5.74, 6) is -0.0376. The molecule has 6 nitrogen and oxygen atoms in total. The number of carbonyl (C=O) groups excluding carboxylic acids is 1. The molecule has 2 aromatic rings. The molecule has 0 aromatic carbocycles. The molecule has 0 bridgehead atoms. The van der Waals surface area contributed by atoms with Gasteiger partial charge in [-0.3, -0.25) is 4.79 Å². The summed E-state index contributed by atoms with van der Waals surface area (Å²) in [6.07, 6.45) is 3.85. The maximum absolute atomic E-state index is 12.8. The number of nitrogens with zero attached hydrogens (tertiary/aromatic N) is 3. The van der Waals surface area contributed by atoms with Crippen molar-refractivity contribution in [2.24, 2.45) is 0 Å². The molecule has 2 atom stereocenters. The first-order valence-electron chi connectivity index (χ1n) is 8.36. The first-order chi connectivity index (χ1) is 11.0. The molecule has 1 saturated heterocycles. The highest BCUT2D eigenvalue weighted by molar-refractivity contribution is 6.05. The summed E-state index contributed by atoms with van der Waals surface area (Å²) in [5, 5.41) is 11.8. The van der Waals surface area contributed by atoms with E-state index in [0.29, 0.717) is 11.6 Å². The lowest BCUT2D eigenvalue weighted by molar-refractivity contribution is 0.0921. The van der Waals surface area contributed by atoms with Crippen LogP contribution < -0.4 is 10.6 Å². The number of hydrogen-bond donors (Lipinski definition) is 2. The minimum Gasteiger partial charge on any atom is -0.348 e. The van der Waals surface area contributed by atoms with Crippen molar-refractivity contribution in [2.75, 3.05) is 6.54 Å². The number of pyridine rings is 1. The maximum atomic E-state index is 12.8. The van der Waals surface area contributed by atoms with E-state index in [1.807, 2.05) is 17.7 Å². The van der Waals surface area contributed by atoms with Gasteiger partial charge in [0.25, 0.3) is 5.91 Å². The zero-order chi connectivity index (χ0) is 16.6. The van der Waals surface area contributed by atoms with Crippen molar-refractivity contribution in [3.05, 3.63) is 23.5 Å². The Morgan fingerprint density at radius 3 is 2.76 bits per heavy atom. The van der Waals surface area contributed by atoms with Crippen molar-refractivity contribution >= 4 is 41.8 Å². The Labute approximate surface area is 161 Å². The van der Waals surface area contributed by atoms with Crippen LogP contribution in [0.2, 0.25) is 0 Å². The highest BCUT2D eigenvalue weighted by atomic mass is 35.5. The van der Waals surface area contributed by atoms with Gasteiger partial charge in [0.15, 0.2) is 5.65 Å². The summed E-state index contributed by atoms with van der Waals surface area (Å²) in [4.78, 5) is 17.4. The van der Waals surface area contributed by atoms with Crippen LogP contribution in [0.1, 0.15) is 55.7 Å². The van der Waals surface area contributed by atoms with Crippen LogP contribution in [0, 0.1) is 6.92 Å². The van der Waals surface area contributed by atoms with E-state index in [-0.39, 0.29) is 42.8 Å². The van der Waals surface area contributed by atoms with Crippen LogP contribution in [0.4, 0.5) is 0 Å². The Morgan fingerprint density at radius 2 is 2.12 bits per heavy atom. The number of amides is 1. The quantitative estimate of drug-likeness (QED) is 0.848. The molecule has 1 aliphatic heterocycles. The third-order valence-corrected chi connectivity index (χ3v) is 4.51. The fourth-order valence-corrected chi connectivity index (χ4v) is 3.20. The van der Waals surface area contributed by atoms with Crippen LogP contribution in [-0.2, 0) is 0 Å². The molecule has 2 N–H and O–H groups in total. The molecular formula is C17H27Cl2N5O. The van der Waals surface area contributed by atoms with Gasteiger partial charge in [-0.2, -0.15) is 5.10 Å². The van der Waals surface area contributed by atoms with Gasteiger partial charge in [0.2, 0.25) is 0 Å².